The third-order valence-electron chi connectivity index (χ3n) is 5.37. The molecule has 2 N–H and O–H groups in total. The lowest BCUT2D eigenvalue weighted by Gasteiger charge is -2.27. The minimum atomic E-state index is 0. The molecule has 2 atom stereocenters. The summed E-state index contributed by atoms with van der Waals surface area (Å²) >= 11 is 2.08. The number of guanidine groups is 1. The van der Waals surface area contributed by atoms with Crippen molar-refractivity contribution in [2.45, 2.75) is 43.9 Å². The lowest BCUT2D eigenvalue weighted by Crippen LogP contribution is -2.41. The van der Waals surface area contributed by atoms with E-state index in [2.05, 4.69) is 58.5 Å². The number of likely N-dealkylation sites (tertiary alicyclic amines) is 1. The molecule has 3 rings (SSSR count). The molecule has 0 aromatic heterocycles. The van der Waals surface area contributed by atoms with Crippen LogP contribution in [0.1, 0.15) is 44.2 Å². The van der Waals surface area contributed by atoms with Crippen molar-refractivity contribution in [1.82, 2.24) is 15.5 Å². The van der Waals surface area contributed by atoms with Gasteiger partial charge in [-0.1, -0.05) is 12.1 Å². The van der Waals surface area contributed by atoms with Crippen LogP contribution in [0.3, 0.4) is 0 Å². The Morgan fingerprint density at radius 3 is 2.57 bits per heavy atom. The van der Waals surface area contributed by atoms with Gasteiger partial charge in [0.15, 0.2) is 5.96 Å². The molecule has 0 radical (unpaired) electrons. The van der Waals surface area contributed by atoms with Crippen LogP contribution in [0.5, 0.6) is 5.75 Å². The molecule has 0 aliphatic carbocycles. The van der Waals surface area contributed by atoms with E-state index in [1.165, 1.54) is 37.0 Å². The lowest BCUT2D eigenvalue weighted by molar-refractivity contribution is 0.251. The van der Waals surface area contributed by atoms with Crippen molar-refractivity contribution in [2.75, 3.05) is 45.6 Å². The van der Waals surface area contributed by atoms with Crippen LogP contribution in [0.15, 0.2) is 29.3 Å². The van der Waals surface area contributed by atoms with Crippen LogP contribution in [0.2, 0.25) is 0 Å². The molecular formula is C21H35IN4OS. The molecule has 1 aromatic rings. The first-order valence-corrected chi connectivity index (χ1v) is 11.4. The van der Waals surface area contributed by atoms with Gasteiger partial charge in [0.05, 0.1) is 19.7 Å². The SMILES string of the molecule is CCNC(=NCC(c1ccc(OC)cc1)N1CCCC1)NCC1CCCS1.I. The molecule has 2 fully saturated rings. The maximum atomic E-state index is 5.32. The van der Waals surface area contributed by atoms with Gasteiger partial charge in [0.25, 0.3) is 0 Å². The van der Waals surface area contributed by atoms with Crippen molar-refractivity contribution in [3.8, 4) is 5.75 Å². The standard InChI is InChI=1S/C21H34N4OS.HI/c1-3-22-21(23-15-19-7-6-14-27-19)24-16-20(25-12-4-5-13-25)17-8-10-18(26-2)11-9-17;/h8-11,19-20H,3-7,12-16H2,1-2H3,(H2,22,23,24);1H. The Hall–Kier alpha value is -0.670. The summed E-state index contributed by atoms with van der Waals surface area (Å²) in [4.78, 5) is 7.52. The van der Waals surface area contributed by atoms with Crippen molar-refractivity contribution in [3.05, 3.63) is 29.8 Å². The summed E-state index contributed by atoms with van der Waals surface area (Å²) in [6.45, 7) is 7.13. The van der Waals surface area contributed by atoms with Crippen molar-refractivity contribution < 1.29 is 4.74 Å². The van der Waals surface area contributed by atoms with E-state index in [1.807, 2.05) is 0 Å². The maximum absolute atomic E-state index is 5.32. The van der Waals surface area contributed by atoms with E-state index in [1.54, 1.807) is 7.11 Å². The molecule has 158 valence electrons. The van der Waals surface area contributed by atoms with Gasteiger partial charge < -0.3 is 15.4 Å². The van der Waals surface area contributed by atoms with E-state index in [0.29, 0.717) is 6.04 Å². The zero-order chi connectivity index (χ0) is 18.9. The molecule has 0 amide bonds. The van der Waals surface area contributed by atoms with Gasteiger partial charge in [-0.25, -0.2) is 0 Å². The first-order valence-electron chi connectivity index (χ1n) is 10.3. The van der Waals surface area contributed by atoms with Crippen LogP contribution in [-0.4, -0.2) is 61.7 Å². The Bertz CT molecular complexity index is 587. The van der Waals surface area contributed by atoms with E-state index < -0.39 is 0 Å². The van der Waals surface area contributed by atoms with E-state index in [-0.39, 0.29) is 24.0 Å². The molecule has 0 spiro atoms. The van der Waals surface area contributed by atoms with Crippen LogP contribution in [-0.2, 0) is 0 Å². The predicted octanol–water partition coefficient (Wildman–Crippen LogP) is 3.90. The van der Waals surface area contributed by atoms with Gasteiger partial charge in [-0.2, -0.15) is 11.8 Å². The van der Waals surface area contributed by atoms with Crippen LogP contribution in [0, 0.1) is 0 Å². The number of nitrogens with zero attached hydrogens (tertiary/aromatic N) is 2. The van der Waals surface area contributed by atoms with Crippen LogP contribution in [0.4, 0.5) is 0 Å². The second-order valence-electron chi connectivity index (χ2n) is 7.27. The average Bonchev–Trinajstić information content (AvgIpc) is 3.41. The number of hydrogen-bond acceptors (Lipinski definition) is 4. The molecule has 0 saturated carbocycles. The Kier molecular flexibility index (Phi) is 10.8. The minimum Gasteiger partial charge on any atom is -0.497 e. The number of hydrogen-bond donors (Lipinski definition) is 2. The number of methoxy groups -OCH3 is 1. The number of halogens is 1. The lowest BCUT2D eigenvalue weighted by atomic mass is 10.1. The second kappa shape index (κ2) is 12.8. The van der Waals surface area contributed by atoms with Gasteiger partial charge in [0.1, 0.15) is 5.75 Å². The molecule has 7 heteroatoms. The van der Waals surface area contributed by atoms with Gasteiger partial charge in [0, 0.05) is 18.3 Å². The summed E-state index contributed by atoms with van der Waals surface area (Å²) in [6, 6.07) is 8.82. The number of ether oxygens (including phenoxy) is 1. The fraction of sp³-hybridized carbons (Fsp3) is 0.667. The van der Waals surface area contributed by atoms with E-state index >= 15 is 0 Å². The monoisotopic (exact) mass is 518 g/mol. The zero-order valence-corrected chi connectivity index (χ0v) is 20.3. The average molecular weight is 519 g/mol. The van der Waals surface area contributed by atoms with Gasteiger partial charge in [-0.15, -0.1) is 24.0 Å². The Balaban J connectivity index is 0.00000280. The van der Waals surface area contributed by atoms with E-state index in [9.17, 15) is 0 Å². The summed E-state index contributed by atoms with van der Waals surface area (Å²) in [5.41, 5.74) is 1.32. The van der Waals surface area contributed by atoms with E-state index in [0.717, 1.165) is 49.7 Å². The first-order chi connectivity index (χ1) is 13.3. The van der Waals surface area contributed by atoms with Gasteiger partial charge in [-0.05, 0) is 69.1 Å². The molecule has 5 nitrogen and oxygen atoms in total. The van der Waals surface area contributed by atoms with E-state index in [4.69, 9.17) is 9.73 Å². The quantitative estimate of drug-likeness (QED) is 0.311. The minimum absolute atomic E-state index is 0. The summed E-state index contributed by atoms with van der Waals surface area (Å²) < 4.78 is 5.32. The Morgan fingerprint density at radius 2 is 1.96 bits per heavy atom. The predicted molar refractivity (Wildman–Crippen MR) is 131 cm³/mol. The molecule has 2 aliphatic rings. The maximum Gasteiger partial charge on any atom is 0.191 e. The zero-order valence-electron chi connectivity index (χ0n) is 17.2. The fourth-order valence-electron chi connectivity index (χ4n) is 3.85. The number of benzene rings is 1. The summed E-state index contributed by atoms with van der Waals surface area (Å²) in [6.07, 6.45) is 5.24. The van der Waals surface area contributed by atoms with Crippen LogP contribution in [0.25, 0.3) is 0 Å². The smallest absolute Gasteiger partial charge is 0.191 e. The number of nitrogens with one attached hydrogen (secondary N) is 2. The molecule has 28 heavy (non-hydrogen) atoms. The Morgan fingerprint density at radius 1 is 1.21 bits per heavy atom. The Labute approximate surface area is 191 Å². The molecule has 0 bridgehead atoms. The van der Waals surface area contributed by atoms with Gasteiger partial charge >= 0.3 is 0 Å². The third-order valence-corrected chi connectivity index (χ3v) is 6.77. The number of rotatable bonds is 8. The topological polar surface area (TPSA) is 48.9 Å². The molecule has 2 saturated heterocycles. The summed E-state index contributed by atoms with van der Waals surface area (Å²) in [7, 11) is 1.72. The molecule has 2 unspecified atom stereocenters. The summed E-state index contributed by atoms with van der Waals surface area (Å²) in [5, 5.41) is 7.70. The highest BCUT2D eigenvalue weighted by molar-refractivity contribution is 14.0. The van der Waals surface area contributed by atoms with Gasteiger partial charge in [-0.3, -0.25) is 9.89 Å². The highest BCUT2D eigenvalue weighted by atomic mass is 127. The second-order valence-corrected chi connectivity index (χ2v) is 8.68. The van der Waals surface area contributed by atoms with Gasteiger partial charge in [0.2, 0.25) is 0 Å². The largest absolute Gasteiger partial charge is 0.497 e. The molecule has 2 heterocycles. The fourth-order valence-corrected chi connectivity index (χ4v) is 5.05. The van der Waals surface area contributed by atoms with Crippen molar-refractivity contribution >= 4 is 41.7 Å². The summed E-state index contributed by atoms with van der Waals surface area (Å²) in [5.74, 6) is 3.16. The highest BCUT2D eigenvalue weighted by Gasteiger charge is 2.23. The van der Waals surface area contributed by atoms with Crippen molar-refractivity contribution in [1.29, 1.82) is 0 Å². The van der Waals surface area contributed by atoms with Crippen LogP contribution >= 0.6 is 35.7 Å². The van der Waals surface area contributed by atoms with Crippen molar-refractivity contribution in [2.24, 2.45) is 4.99 Å². The molecular weight excluding hydrogens is 483 g/mol. The highest BCUT2D eigenvalue weighted by Crippen LogP contribution is 2.27. The normalized spacial score (nSPS) is 21.2. The van der Waals surface area contributed by atoms with Crippen LogP contribution < -0.4 is 15.4 Å². The number of aliphatic imine (C=N–C) groups is 1. The third kappa shape index (κ3) is 6.99. The van der Waals surface area contributed by atoms with Crippen molar-refractivity contribution in [3.63, 3.8) is 0 Å². The molecule has 2 aliphatic heterocycles. The first kappa shape index (κ1) is 23.6. The molecule has 1 aromatic carbocycles. The number of thioether (sulfide) groups is 1.